The summed E-state index contributed by atoms with van der Waals surface area (Å²) in [6.07, 6.45) is 1.75. The average Bonchev–Trinajstić information content (AvgIpc) is 2.71. The Labute approximate surface area is 176 Å². The van der Waals surface area contributed by atoms with Crippen molar-refractivity contribution in [3.63, 3.8) is 0 Å². The first kappa shape index (κ1) is 21.9. The number of nitrogens with zero attached hydrogens (tertiary/aromatic N) is 2. The van der Waals surface area contributed by atoms with Gasteiger partial charge >= 0.3 is 0 Å². The Balaban J connectivity index is 2.11. The van der Waals surface area contributed by atoms with E-state index >= 15 is 0 Å². The summed E-state index contributed by atoms with van der Waals surface area (Å²) in [6.45, 7) is 7.40. The zero-order valence-corrected chi connectivity index (χ0v) is 17.9. The maximum Gasteiger partial charge on any atom is 0.243 e. The zero-order valence-electron chi connectivity index (χ0n) is 17.9. The van der Waals surface area contributed by atoms with E-state index in [9.17, 15) is 20.2 Å². The fraction of sp³-hybridized carbons (Fsp3) is 0.478. The normalized spacial score (nSPS) is 25.6. The van der Waals surface area contributed by atoms with Crippen LogP contribution in [0.15, 0.2) is 48.5 Å². The van der Waals surface area contributed by atoms with E-state index in [-0.39, 0.29) is 9.85 Å². The molecule has 30 heavy (non-hydrogen) atoms. The molecule has 1 heterocycles. The van der Waals surface area contributed by atoms with Crippen molar-refractivity contribution in [3.8, 4) is 0 Å². The summed E-state index contributed by atoms with van der Waals surface area (Å²) in [5.74, 6) is 0. The molecule has 0 saturated carbocycles. The predicted octanol–water partition coefficient (Wildman–Crippen LogP) is 4.51. The van der Waals surface area contributed by atoms with Crippen LogP contribution in [-0.4, -0.2) is 21.9 Å². The van der Waals surface area contributed by atoms with Gasteiger partial charge in [0, 0.05) is 9.85 Å². The van der Waals surface area contributed by atoms with E-state index in [1.165, 1.54) is 0 Å². The highest BCUT2D eigenvalue weighted by molar-refractivity contribution is 5.31. The lowest BCUT2D eigenvalue weighted by molar-refractivity contribution is -0.605. The molecule has 1 N–H and O–H groups in total. The van der Waals surface area contributed by atoms with Gasteiger partial charge in [0.2, 0.25) is 12.1 Å². The van der Waals surface area contributed by atoms with Crippen LogP contribution in [0.2, 0.25) is 0 Å². The summed E-state index contributed by atoms with van der Waals surface area (Å²) in [6, 6.07) is 11.9. The van der Waals surface area contributed by atoms with Crippen LogP contribution < -0.4 is 5.32 Å². The molecule has 1 saturated heterocycles. The minimum atomic E-state index is -1.17. The zero-order chi connectivity index (χ0) is 22.1. The van der Waals surface area contributed by atoms with Crippen LogP contribution in [-0.2, 0) is 12.8 Å². The third kappa shape index (κ3) is 3.94. The van der Waals surface area contributed by atoms with E-state index in [2.05, 4.69) is 19.2 Å². The summed E-state index contributed by atoms with van der Waals surface area (Å²) >= 11 is 0. The molecule has 1 fully saturated rings. The topological polar surface area (TPSA) is 98.3 Å². The van der Waals surface area contributed by atoms with Crippen molar-refractivity contribution in [2.45, 2.75) is 64.7 Å². The monoisotopic (exact) mass is 411 g/mol. The van der Waals surface area contributed by atoms with Gasteiger partial charge in [-0.2, -0.15) is 0 Å². The second-order valence-corrected chi connectivity index (χ2v) is 8.59. The van der Waals surface area contributed by atoms with Crippen LogP contribution >= 0.6 is 0 Å². The van der Waals surface area contributed by atoms with Crippen LogP contribution in [0.5, 0.6) is 0 Å². The highest BCUT2D eigenvalue weighted by Crippen LogP contribution is 2.46. The molecular weight excluding hydrogens is 382 g/mol. The Hall–Kier alpha value is -2.80. The Kier molecular flexibility index (Phi) is 6.22. The second-order valence-electron chi connectivity index (χ2n) is 8.59. The lowest BCUT2D eigenvalue weighted by Gasteiger charge is -2.44. The molecule has 0 spiro atoms. The number of nitro groups is 2. The average molecular weight is 412 g/mol. The molecule has 3 rings (SSSR count). The summed E-state index contributed by atoms with van der Waals surface area (Å²) in [5, 5.41) is 27.5. The third-order valence-corrected chi connectivity index (χ3v) is 6.46. The SMILES string of the molecule is CCc1ccc([C@@H]2N[C@@H](c3ccc(CC)cc3)[C@@H]([N+](=O)[O-])C(C)(C)[C@@H]2[N+](=O)[O-])cc1. The molecule has 0 amide bonds. The molecule has 7 heteroatoms. The molecular formula is C23H29N3O4. The van der Waals surface area contributed by atoms with Crippen LogP contribution in [0.3, 0.4) is 0 Å². The summed E-state index contributed by atoms with van der Waals surface area (Å²) < 4.78 is 0. The van der Waals surface area contributed by atoms with Crippen LogP contribution in [0.25, 0.3) is 0 Å². The van der Waals surface area contributed by atoms with Gasteiger partial charge in [-0.1, -0.05) is 62.4 Å². The van der Waals surface area contributed by atoms with Gasteiger partial charge in [-0.05, 0) is 48.9 Å². The molecule has 0 unspecified atom stereocenters. The molecule has 7 nitrogen and oxygen atoms in total. The molecule has 0 radical (unpaired) electrons. The highest BCUT2D eigenvalue weighted by atomic mass is 16.6. The van der Waals surface area contributed by atoms with Crippen molar-refractivity contribution in [1.82, 2.24) is 5.32 Å². The van der Waals surface area contributed by atoms with Gasteiger partial charge in [-0.25, -0.2) is 0 Å². The highest BCUT2D eigenvalue weighted by Gasteiger charge is 2.62. The Morgan fingerprint density at radius 2 is 1.10 bits per heavy atom. The molecule has 4 atom stereocenters. The van der Waals surface area contributed by atoms with E-state index in [0.717, 1.165) is 35.1 Å². The van der Waals surface area contributed by atoms with Crippen molar-refractivity contribution >= 4 is 0 Å². The standard InChI is InChI=1S/C23H29N3O4/c1-5-15-7-11-17(12-8-15)19-21(25(27)28)23(3,4)22(26(29)30)20(24-19)18-13-9-16(6-2)10-14-18/h7-14,19-22,24H,5-6H2,1-4H3/t19-,20-,21+,22+/m0/s1. The molecule has 2 aromatic rings. The lowest BCUT2D eigenvalue weighted by Crippen LogP contribution is -2.63. The van der Waals surface area contributed by atoms with Crippen molar-refractivity contribution in [1.29, 1.82) is 0 Å². The summed E-state index contributed by atoms with van der Waals surface area (Å²) in [5.41, 5.74) is 2.67. The number of aryl methyl sites for hydroxylation is 2. The first-order chi connectivity index (χ1) is 14.2. The number of piperidine rings is 1. The molecule has 160 valence electrons. The van der Waals surface area contributed by atoms with Gasteiger partial charge in [0.1, 0.15) is 17.5 Å². The Bertz CT molecular complexity index is 836. The molecule has 0 aliphatic carbocycles. The number of hydrogen-bond donors (Lipinski definition) is 1. The lowest BCUT2D eigenvalue weighted by atomic mass is 9.66. The summed E-state index contributed by atoms with van der Waals surface area (Å²) in [4.78, 5) is 23.5. The Morgan fingerprint density at radius 3 is 1.37 bits per heavy atom. The predicted molar refractivity (Wildman–Crippen MR) is 116 cm³/mol. The molecule has 1 aliphatic rings. The number of hydrogen-bond acceptors (Lipinski definition) is 5. The van der Waals surface area contributed by atoms with E-state index in [1.54, 1.807) is 13.8 Å². The van der Waals surface area contributed by atoms with Gasteiger partial charge < -0.3 is 0 Å². The first-order valence-corrected chi connectivity index (χ1v) is 10.4. The van der Waals surface area contributed by atoms with Crippen molar-refractivity contribution < 1.29 is 9.85 Å². The van der Waals surface area contributed by atoms with E-state index < -0.39 is 29.6 Å². The minimum Gasteiger partial charge on any atom is -0.291 e. The molecule has 0 aromatic heterocycles. The van der Waals surface area contributed by atoms with Gasteiger partial charge in [0.05, 0.1) is 0 Å². The quantitative estimate of drug-likeness (QED) is 0.557. The fourth-order valence-corrected chi connectivity index (χ4v) is 4.67. The first-order valence-electron chi connectivity index (χ1n) is 10.4. The third-order valence-electron chi connectivity index (χ3n) is 6.46. The van der Waals surface area contributed by atoms with Crippen LogP contribution in [0, 0.1) is 25.6 Å². The largest absolute Gasteiger partial charge is 0.291 e. The van der Waals surface area contributed by atoms with E-state index in [1.807, 2.05) is 48.5 Å². The Morgan fingerprint density at radius 1 is 0.767 bits per heavy atom. The molecule has 2 aromatic carbocycles. The smallest absolute Gasteiger partial charge is 0.243 e. The number of nitrogens with one attached hydrogen (secondary N) is 1. The number of benzene rings is 2. The minimum absolute atomic E-state index is 0.363. The molecule has 0 bridgehead atoms. The second kappa shape index (κ2) is 8.52. The fourth-order valence-electron chi connectivity index (χ4n) is 4.67. The molecule has 1 aliphatic heterocycles. The van der Waals surface area contributed by atoms with Crippen molar-refractivity contribution in [2.24, 2.45) is 5.41 Å². The maximum atomic E-state index is 12.1. The van der Waals surface area contributed by atoms with Gasteiger partial charge in [-0.3, -0.25) is 25.5 Å². The van der Waals surface area contributed by atoms with Crippen molar-refractivity contribution in [2.75, 3.05) is 0 Å². The van der Waals surface area contributed by atoms with Crippen molar-refractivity contribution in [3.05, 3.63) is 91.0 Å². The maximum absolute atomic E-state index is 12.1. The summed E-state index contributed by atoms with van der Waals surface area (Å²) in [7, 11) is 0. The number of rotatable bonds is 6. The van der Waals surface area contributed by atoms with Gasteiger partial charge in [0.25, 0.3) is 0 Å². The van der Waals surface area contributed by atoms with E-state index in [0.29, 0.717) is 0 Å². The van der Waals surface area contributed by atoms with Gasteiger partial charge in [-0.15, -0.1) is 0 Å². The van der Waals surface area contributed by atoms with Gasteiger partial charge in [0.15, 0.2) is 0 Å². The van der Waals surface area contributed by atoms with Crippen LogP contribution in [0.4, 0.5) is 0 Å². The van der Waals surface area contributed by atoms with E-state index in [4.69, 9.17) is 0 Å². The van der Waals surface area contributed by atoms with Crippen LogP contribution in [0.1, 0.15) is 62.0 Å².